The first-order valence-corrected chi connectivity index (χ1v) is 3.87. The number of nitrogen functional groups attached to an aromatic ring is 1. The molecular formula is C9H7FN2O2. The molecule has 5 heteroatoms. The van der Waals surface area contributed by atoms with E-state index in [1.807, 2.05) is 0 Å². The molecule has 14 heavy (non-hydrogen) atoms. The summed E-state index contributed by atoms with van der Waals surface area (Å²) in [7, 11) is 0. The third-order valence-electron chi connectivity index (χ3n) is 1.81. The van der Waals surface area contributed by atoms with E-state index in [4.69, 9.17) is 15.4 Å². The molecule has 1 aromatic carbocycles. The van der Waals surface area contributed by atoms with Gasteiger partial charge in [-0.3, -0.25) is 0 Å². The first-order valence-electron chi connectivity index (χ1n) is 3.87. The molecule has 0 spiro atoms. The van der Waals surface area contributed by atoms with Crippen LogP contribution in [0.1, 0.15) is 0 Å². The van der Waals surface area contributed by atoms with Gasteiger partial charge in [-0.15, -0.1) is 0 Å². The minimum atomic E-state index is -0.724. The van der Waals surface area contributed by atoms with Crippen molar-refractivity contribution in [2.75, 3.05) is 5.73 Å². The highest BCUT2D eigenvalue weighted by atomic mass is 19.1. The molecule has 0 aliphatic heterocycles. The zero-order chi connectivity index (χ0) is 10.1. The monoisotopic (exact) mass is 194 g/mol. The summed E-state index contributed by atoms with van der Waals surface area (Å²) in [6.07, 6.45) is 1.33. The molecule has 2 rings (SSSR count). The van der Waals surface area contributed by atoms with Crippen molar-refractivity contribution in [3.8, 4) is 17.1 Å². The highest BCUT2D eigenvalue weighted by Gasteiger charge is 2.10. The van der Waals surface area contributed by atoms with Crippen LogP contribution in [-0.4, -0.2) is 10.3 Å². The van der Waals surface area contributed by atoms with Crippen LogP contribution in [-0.2, 0) is 0 Å². The van der Waals surface area contributed by atoms with Crippen LogP contribution in [0.25, 0.3) is 11.3 Å². The van der Waals surface area contributed by atoms with Gasteiger partial charge in [0.2, 0.25) is 0 Å². The fourth-order valence-electron chi connectivity index (χ4n) is 1.11. The largest absolute Gasteiger partial charge is 0.505 e. The molecule has 0 aliphatic carbocycles. The van der Waals surface area contributed by atoms with Gasteiger partial charge in [0.1, 0.15) is 5.69 Å². The van der Waals surface area contributed by atoms with Gasteiger partial charge in [0, 0.05) is 5.56 Å². The molecule has 0 bridgehead atoms. The third kappa shape index (κ3) is 1.28. The number of phenolic OH excluding ortho intramolecular Hbond substituents is 1. The minimum Gasteiger partial charge on any atom is -0.505 e. The van der Waals surface area contributed by atoms with Crippen molar-refractivity contribution in [2.24, 2.45) is 0 Å². The molecule has 0 saturated heterocycles. The highest BCUT2D eigenvalue weighted by molar-refractivity contribution is 5.70. The molecule has 0 saturated carbocycles. The summed E-state index contributed by atoms with van der Waals surface area (Å²) < 4.78 is 17.8. The summed E-state index contributed by atoms with van der Waals surface area (Å²) in [5.74, 6) is -0.839. The molecule has 0 unspecified atom stereocenters. The lowest BCUT2D eigenvalue weighted by Gasteiger charge is -1.98. The van der Waals surface area contributed by atoms with E-state index in [-0.39, 0.29) is 0 Å². The van der Waals surface area contributed by atoms with Crippen LogP contribution in [0.4, 0.5) is 10.1 Å². The van der Waals surface area contributed by atoms with Crippen molar-refractivity contribution in [2.45, 2.75) is 0 Å². The van der Waals surface area contributed by atoms with Crippen LogP contribution in [0, 0.1) is 5.82 Å². The smallest absolute Gasteiger partial charge is 0.189 e. The number of benzene rings is 1. The Morgan fingerprint density at radius 1 is 1.43 bits per heavy atom. The maximum Gasteiger partial charge on any atom is 0.189 e. The number of phenols is 1. The summed E-state index contributed by atoms with van der Waals surface area (Å²) in [5.41, 5.74) is 6.29. The fourth-order valence-corrected chi connectivity index (χ4v) is 1.11. The number of hydrogen-bond acceptors (Lipinski definition) is 4. The number of aromatic hydroxyl groups is 1. The second-order valence-corrected chi connectivity index (χ2v) is 2.78. The summed E-state index contributed by atoms with van der Waals surface area (Å²) in [5, 5.41) is 12.4. The molecule has 0 aliphatic rings. The van der Waals surface area contributed by atoms with E-state index < -0.39 is 11.6 Å². The van der Waals surface area contributed by atoms with Crippen molar-refractivity contribution in [1.29, 1.82) is 0 Å². The molecular weight excluding hydrogens is 187 g/mol. The fraction of sp³-hybridized carbons (Fsp3) is 0. The maximum absolute atomic E-state index is 12.9. The van der Waals surface area contributed by atoms with Crippen molar-refractivity contribution in [3.05, 3.63) is 30.2 Å². The summed E-state index contributed by atoms with van der Waals surface area (Å²) in [6, 6.07) is 3.86. The molecule has 0 amide bonds. The van der Waals surface area contributed by atoms with Crippen LogP contribution < -0.4 is 5.73 Å². The first kappa shape index (κ1) is 8.55. The normalized spacial score (nSPS) is 10.4. The van der Waals surface area contributed by atoms with Crippen LogP contribution in [0.3, 0.4) is 0 Å². The van der Waals surface area contributed by atoms with Gasteiger partial charge in [-0.05, 0) is 18.2 Å². The van der Waals surface area contributed by atoms with Gasteiger partial charge in [0.15, 0.2) is 17.3 Å². The van der Waals surface area contributed by atoms with E-state index in [1.54, 1.807) is 0 Å². The lowest BCUT2D eigenvalue weighted by molar-refractivity contribution is 0.427. The average Bonchev–Trinajstić information content (AvgIpc) is 2.57. The van der Waals surface area contributed by atoms with Gasteiger partial charge in [-0.25, -0.2) is 4.39 Å². The van der Waals surface area contributed by atoms with Gasteiger partial charge >= 0.3 is 0 Å². The van der Waals surface area contributed by atoms with Gasteiger partial charge < -0.3 is 15.4 Å². The van der Waals surface area contributed by atoms with Crippen LogP contribution in [0.2, 0.25) is 0 Å². The summed E-state index contributed by atoms with van der Waals surface area (Å²) in [6.45, 7) is 0. The summed E-state index contributed by atoms with van der Waals surface area (Å²) in [4.78, 5) is 0. The second-order valence-electron chi connectivity index (χ2n) is 2.78. The molecule has 0 atom stereocenters. The number of aromatic nitrogens is 1. The number of nitrogens with zero attached hydrogens (tertiary/aromatic N) is 1. The molecule has 0 fully saturated rings. The number of hydrogen-bond donors (Lipinski definition) is 2. The number of nitrogens with two attached hydrogens (primary N) is 1. The van der Waals surface area contributed by atoms with Gasteiger partial charge in [0.25, 0.3) is 0 Å². The van der Waals surface area contributed by atoms with Gasteiger partial charge in [0.05, 0.1) is 6.20 Å². The molecule has 3 N–H and O–H groups in total. The predicted molar refractivity (Wildman–Crippen MR) is 48.0 cm³/mol. The Bertz CT molecular complexity index is 468. The zero-order valence-electron chi connectivity index (χ0n) is 7.07. The highest BCUT2D eigenvalue weighted by Crippen LogP contribution is 2.28. The van der Waals surface area contributed by atoms with Crippen molar-refractivity contribution >= 4 is 5.69 Å². The number of halogens is 1. The maximum atomic E-state index is 12.9. The number of anilines is 1. The van der Waals surface area contributed by atoms with Crippen molar-refractivity contribution in [3.63, 3.8) is 0 Å². The SMILES string of the molecule is Nc1cnoc1-c1ccc(O)c(F)c1. The quantitative estimate of drug-likeness (QED) is 0.725. The molecule has 1 aromatic heterocycles. The zero-order valence-corrected chi connectivity index (χ0v) is 7.07. The molecule has 0 radical (unpaired) electrons. The van der Waals surface area contributed by atoms with Crippen molar-refractivity contribution in [1.82, 2.24) is 5.16 Å². The second kappa shape index (κ2) is 3.02. The minimum absolute atomic E-state index is 0.295. The van der Waals surface area contributed by atoms with E-state index >= 15 is 0 Å². The van der Waals surface area contributed by atoms with E-state index in [1.165, 1.54) is 18.3 Å². The third-order valence-corrected chi connectivity index (χ3v) is 1.81. The topological polar surface area (TPSA) is 72.3 Å². The lowest BCUT2D eigenvalue weighted by atomic mass is 10.1. The molecule has 2 aromatic rings. The van der Waals surface area contributed by atoms with E-state index in [0.29, 0.717) is 17.0 Å². The Kier molecular flexibility index (Phi) is 1.85. The van der Waals surface area contributed by atoms with Crippen LogP contribution in [0.5, 0.6) is 5.75 Å². The van der Waals surface area contributed by atoms with Crippen LogP contribution >= 0.6 is 0 Å². The predicted octanol–water partition coefficient (Wildman–Crippen LogP) is 1.77. The number of rotatable bonds is 1. The lowest BCUT2D eigenvalue weighted by Crippen LogP contribution is -1.85. The molecule has 72 valence electrons. The Morgan fingerprint density at radius 3 is 2.79 bits per heavy atom. The van der Waals surface area contributed by atoms with Gasteiger partial charge in [-0.2, -0.15) is 0 Å². The Hall–Kier alpha value is -2.04. The Balaban J connectivity index is 2.53. The van der Waals surface area contributed by atoms with Gasteiger partial charge in [-0.1, -0.05) is 5.16 Å². The summed E-state index contributed by atoms with van der Waals surface area (Å²) >= 11 is 0. The average molecular weight is 194 g/mol. The van der Waals surface area contributed by atoms with E-state index in [2.05, 4.69) is 5.16 Å². The first-order chi connectivity index (χ1) is 6.68. The molecule has 4 nitrogen and oxygen atoms in total. The standard InChI is InChI=1S/C9H7FN2O2/c10-6-3-5(1-2-8(6)13)9-7(11)4-12-14-9/h1-4,13H,11H2. The van der Waals surface area contributed by atoms with Crippen molar-refractivity contribution < 1.29 is 14.0 Å². The van der Waals surface area contributed by atoms with Crippen LogP contribution in [0.15, 0.2) is 28.9 Å². The Labute approximate surface area is 78.8 Å². The van der Waals surface area contributed by atoms with E-state index in [0.717, 1.165) is 6.07 Å². The Morgan fingerprint density at radius 2 is 2.21 bits per heavy atom. The van der Waals surface area contributed by atoms with E-state index in [9.17, 15) is 4.39 Å². The molecule has 1 heterocycles.